The fourth-order valence-electron chi connectivity index (χ4n) is 4.20. The number of H-pyrrole nitrogens is 2. The topological polar surface area (TPSA) is 120 Å². The first kappa shape index (κ1) is 18.5. The molecule has 5 rings (SSSR count). The molecule has 0 radical (unpaired) electrons. The van der Waals surface area contributed by atoms with Crippen LogP contribution < -0.4 is 10.9 Å². The number of hydrogen-bond acceptors (Lipinski definition) is 4. The van der Waals surface area contributed by atoms with Crippen molar-refractivity contribution in [3.63, 3.8) is 0 Å². The third kappa shape index (κ3) is 2.44. The van der Waals surface area contributed by atoms with Crippen LogP contribution in [0, 0.1) is 13.8 Å². The summed E-state index contributed by atoms with van der Waals surface area (Å²) in [5.41, 5.74) is 2.62. The summed E-state index contributed by atoms with van der Waals surface area (Å²) >= 11 is 0. The molecule has 0 aliphatic carbocycles. The molecule has 30 heavy (non-hydrogen) atoms. The SMILES string of the molecule is Cc1cccc2c(=O)c3cc4[nH]c5cccc(S(=O)(=O)O)c5c(=O)c4c(C)c3[nH]c12. The number of aryl methyl sites for hydroxylation is 2. The monoisotopic (exact) mass is 420 g/mol. The van der Waals surface area contributed by atoms with E-state index in [1.165, 1.54) is 12.1 Å². The highest BCUT2D eigenvalue weighted by molar-refractivity contribution is 7.86. The Balaban J connectivity index is 2.08. The maximum Gasteiger partial charge on any atom is 0.295 e. The fourth-order valence-corrected chi connectivity index (χ4v) is 4.91. The first-order chi connectivity index (χ1) is 14.2. The molecule has 0 unspecified atom stereocenters. The minimum absolute atomic E-state index is 0.116. The quantitative estimate of drug-likeness (QED) is 0.283. The van der Waals surface area contributed by atoms with Gasteiger partial charge in [-0.2, -0.15) is 8.42 Å². The molecule has 150 valence electrons. The molecule has 0 saturated heterocycles. The zero-order valence-corrected chi connectivity index (χ0v) is 16.8. The Kier molecular flexibility index (Phi) is 3.71. The standard InChI is InChI=1S/C22H16N2O5S/c1-10-5-3-6-12-19(10)24-20-11(2)17-15(9-13(20)21(12)25)23-14-7-4-8-16(30(27,28)29)18(14)22(17)26/h3-9H,1-2H3,(H,23,26)(H,24,25)(H,27,28,29). The summed E-state index contributed by atoms with van der Waals surface area (Å²) in [6.07, 6.45) is 0. The predicted molar refractivity (Wildman–Crippen MR) is 117 cm³/mol. The van der Waals surface area contributed by atoms with E-state index in [1.54, 1.807) is 25.1 Å². The van der Waals surface area contributed by atoms with Gasteiger partial charge in [0.25, 0.3) is 10.1 Å². The number of pyridine rings is 2. The molecule has 8 heteroatoms. The van der Waals surface area contributed by atoms with Crippen molar-refractivity contribution in [3.8, 4) is 0 Å². The van der Waals surface area contributed by atoms with Crippen molar-refractivity contribution in [1.82, 2.24) is 9.97 Å². The summed E-state index contributed by atoms with van der Waals surface area (Å²) in [6, 6.07) is 11.2. The first-order valence-electron chi connectivity index (χ1n) is 9.19. The molecule has 0 aliphatic rings. The molecule has 3 aromatic carbocycles. The Bertz CT molecular complexity index is 1780. The van der Waals surface area contributed by atoms with E-state index in [0.717, 1.165) is 5.56 Å². The third-order valence-corrected chi connectivity index (χ3v) is 6.51. The smallest absolute Gasteiger partial charge is 0.295 e. The van der Waals surface area contributed by atoms with Crippen LogP contribution in [-0.4, -0.2) is 22.9 Å². The van der Waals surface area contributed by atoms with Crippen LogP contribution in [0.5, 0.6) is 0 Å². The number of aromatic amines is 2. The maximum atomic E-state index is 13.3. The number of benzene rings is 3. The molecule has 7 nitrogen and oxygen atoms in total. The summed E-state index contributed by atoms with van der Waals surface area (Å²) in [7, 11) is -4.59. The lowest BCUT2D eigenvalue weighted by atomic mass is 10.00. The van der Waals surface area contributed by atoms with Crippen LogP contribution in [0.25, 0.3) is 43.6 Å². The summed E-state index contributed by atoms with van der Waals surface area (Å²) in [5, 5.41) is 1.13. The lowest BCUT2D eigenvalue weighted by molar-refractivity contribution is 0.484. The van der Waals surface area contributed by atoms with Gasteiger partial charge in [0.15, 0.2) is 10.9 Å². The molecule has 3 N–H and O–H groups in total. The Hall–Kier alpha value is -3.49. The van der Waals surface area contributed by atoms with E-state index in [9.17, 15) is 22.6 Å². The predicted octanol–water partition coefficient (Wildman–Crippen LogP) is 3.54. The summed E-state index contributed by atoms with van der Waals surface area (Å²) in [6.45, 7) is 3.60. The van der Waals surface area contributed by atoms with Gasteiger partial charge in [-0.05, 0) is 49.2 Å². The van der Waals surface area contributed by atoms with Gasteiger partial charge in [0, 0.05) is 10.8 Å². The lowest BCUT2D eigenvalue weighted by Crippen LogP contribution is -2.13. The molecule has 0 spiro atoms. The van der Waals surface area contributed by atoms with Crippen molar-refractivity contribution < 1.29 is 13.0 Å². The second-order valence-corrected chi connectivity index (χ2v) is 8.80. The summed E-state index contributed by atoms with van der Waals surface area (Å²) < 4.78 is 33.2. The van der Waals surface area contributed by atoms with Crippen LogP contribution in [0.2, 0.25) is 0 Å². The summed E-state index contributed by atoms with van der Waals surface area (Å²) in [5.74, 6) is 0. The number of hydrogen-bond donors (Lipinski definition) is 3. The van der Waals surface area contributed by atoms with E-state index >= 15 is 0 Å². The normalized spacial score (nSPS) is 12.4. The van der Waals surface area contributed by atoms with Gasteiger partial charge in [-0.15, -0.1) is 0 Å². The van der Waals surface area contributed by atoms with Crippen molar-refractivity contribution in [2.45, 2.75) is 18.7 Å². The first-order valence-corrected chi connectivity index (χ1v) is 10.6. The Morgan fingerprint density at radius 3 is 2.27 bits per heavy atom. The average molecular weight is 420 g/mol. The summed E-state index contributed by atoms with van der Waals surface area (Å²) in [4.78, 5) is 32.4. The fraction of sp³-hybridized carbons (Fsp3) is 0.0909. The third-order valence-electron chi connectivity index (χ3n) is 5.62. The number of rotatable bonds is 1. The second-order valence-electron chi connectivity index (χ2n) is 7.41. The van der Waals surface area contributed by atoms with Gasteiger partial charge in [0.1, 0.15) is 4.90 Å². The molecule has 0 aliphatic heterocycles. The number of para-hydroxylation sites is 1. The average Bonchev–Trinajstić information content (AvgIpc) is 2.68. The second kappa shape index (κ2) is 6.01. The van der Waals surface area contributed by atoms with Crippen molar-refractivity contribution in [2.24, 2.45) is 0 Å². The van der Waals surface area contributed by atoms with Gasteiger partial charge in [-0.25, -0.2) is 0 Å². The molecular weight excluding hydrogens is 404 g/mol. The van der Waals surface area contributed by atoms with E-state index in [4.69, 9.17) is 0 Å². The lowest BCUT2D eigenvalue weighted by Gasteiger charge is -2.12. The highest BCUT2D eigenvalue weighted by Crippen LogP contribution is 2.28. The molecular formula is C22H16N2O5S. The van der Waals surface area contributed by atoms with Crippen molar-refractivity contribution in [2.75, 3.05) is 0 Å². The molecule has 0 fully saturated rings. The minimum atomic E-state index is -4.59. The highest BCUT2D eigenvalue weighted by Gasteiger charge is 2.20. The molecule has 0 bridgehead atoms. The minimum Gasteiger partial charge on any atom is -0.354 e. The Morgan fingerprint density at radius 1 is 0.800 bits per heavy atom. The van der Waals surface area contributed by atoms with Crippen LogP contribution in [0.3, 0.4) is 0 Å². The zero-order chi connectivity index (χ0) is 21.4. The van der Waals surface area contributed by atoms with Gasteiger partial charge in [0.05, 0.1) is 32.8 Å². The maximum absolute atomic E-state index is 13.3. The Morgan fingerprint density at radius 2 is 1.53 bits per heavy atom. The molecule has 0 amide bonds. The molecule has 5 aromatic rings. The molecule has 2 aromatic heterocycles. The van der Waals surface area contributed by atoms with Crippen molar-refractivity contribution in [1.29, 1.82) is 0 Å². The van der Waals surface area contributed by atoms with Gasteiger partial charge >= 0.3 is 0 Å². The van der Waals surface area contributed by atoms with Gasteiger partial charge in [-0.3, -0.25) is 14.1 Å². The highest BCUT2D eigenvalue weighted by atomic mass is 32.2. The largest absolute Gasteiger partial charge is 0.354 e. The van der Waals surface area contributed by atoms with Crippen LogP contribution in [0.1, 0.15) is 11.1 Å². The van der Waals surface area contributed by atoms with Gasteiger partial charge in [0.2, 0.25) is 0 Å². The van der Waals surface area contributed by atoms with E-state index in [0.29, 0.717) is 32.9 Å². The van der Waals surface area contributed by atoms with Crippen LogP contribution in [0.15, 0.2) is 56.9 Å². The van der Waals surface area contributed by atoms with Crippen LogP contribution in [-0.2, 0) is 10.1 Å². The van der Waals surface area contributed by atoms with Crippen molar-refractivity contribution >= 4 is 53.7 Å². The molecule has 0 atom stereocenters. The number of nitrogens with one attached hydrogen (secondary N) is 2. The van der Waals surface area contributed by atoms with Gasteiger partial charge < -0.3 is 9.97 Å². The van der Waals surface area contributed by atoms with E-state index in [1.807, 2.05) is 19.1 Å². The van der Waals surface area contributed by atoms with E-state index in [-0.39, 0.29) is 21.7 Å². The van der Waals surface area contributed by atoms with Crippen molar-refractivity contribution in [3.05, 3.63) is 74.0 Å². The van der Waals surface area contributed by atoms with Crippen LogP contribution in [0.4, 0.5) is 0 Å². The van der Waals surface area contributed by atoms with E-state index in [2.05, 4.69) is 9.97 Å². The van der Waals surface area contributed by atoms with Crippen LogP contribution >= 0.6 is 0 Å². The molecule has 0 saturated carbocycles. The number of fused-ring (bicyclic) bond motifs is 4. The van der Waals surface area contributed by atoms with Gasteiger partial charge in [-0.1, -0.05) is 18.2 Å². The Labute approximate surface area is 169 Å². The van der Waals surface area contributed by atoms with E-state index < -0.39 is 20.4 Å². The zero-order valence-electron chi connectivity index (χ0n) is 16.0. The molecule has 2 heterocycles. The number of aromatic nitrogens is 2.